The summed E-state index contributed by atoms with van der Waals surface area (Å²) in [4.78, 5) is 12.5. The Morgan fingerprint density at radius 1 is 1.36 bits per heavy atom. The van der Waals surface area contributed by atoms with Crippen LogP contribution in [-0.4, -0.2) is 46.1 Å². The zero-order valence-corrected chi connectivity index (χ0v) is 17.7. The molecule has 2 rings (SSSR count). The third-order valence-corrected chi connectivity index (χ3v) is 6.45. The lowest BCUT2D eigenvalue weighted by Crippen LogP contribution is -2.51. The number of carbonyl (C=O) groups is 1. The highest BCUT2D eigenvalue weighted by atomic mass is 16.7. The largest absolute Gasteiger partial charge is 0.461 e. The van der Waals surface area contributed by atoms with Gasteiger partial charge in [0.2, 0.25) is 0 Å². The number of aliphatic hydroxyl groups is 3. The zero-order valence-electron chi connectivity index (χ0n) is 17.7. The molecule has 0 bridgehead atoms. The summed E-state index contributed by atoms with van der Waals surface area (Å²) >= 11 is 0. The number of ether oxygens (including phenoxy) is 2. The van der Waals surface area contributed by atoms with Crippen LogP contribution in [-0.2, 0) is 14.3 Å². The molecule has 0 aromatic heterocycles. The van der Waals surface area contributed by atoms with Crippen molar-refractivity contribution in [3.63, 3.8) is 0 Å². The van der Waals surface area contributed by atoms with Crippen LogP contribution in [0.15, 0.2) is 23.8 Å². The van der Waals surface area contributed by atoms with Crippen molar-refractivity contribution in [3.05, 3.63) is 23.8 Å². The molecule has 160 valence electrons. The van der Waals surface area contributed by atoms with Crippen molar-refractivity contribution in [2.24, 2.45) is 23.2 Å². The third kappa shape index (κ3) is 5.03. The van der Waals surface area contributed by atoms with Gasteiger partial charge in [0.25, 0.3) is 0 Å². The molecule has 0 radical (unpaired) electrons. The highest BCUT2D eigenvalue weighted by Gasteiger charge is 2.51. The number of fused-ring (bicyclic) bond motifs is 1. The summed E-state index contributed by atoms with van der Waals surface area (Å²) in [6.45, 7) is 9.47. The smallest absolute Gasteiger partial charge is 0.308 e. The fraction of sp³-hybridized carbons (Fsp3) is 0.773. The molecule has 28 heavy (non-hydrogen) atoms. The van der Waals surface area contributed by atoms with E-state index in [1.165, 1.54) is 6.92 Å². The molecule has 6 nitrogen and oxygen atoms in total. The predicted molar refractivity (Wildman–Crippen MR) is 106 cm³/mol. The standard InChI is InChI=1S/C22H36O6/c1-6-13(2)21(26)28-19-12-17(24)11-16-8-7-14(3)18(22(16,19)5)9-10-20(25)27-15(4)23/h7-8,11,13-15,17-20,23-25H,6,9-10,12H2,1-5H3/t13-,14-,15?,17+,18-,19?,20?,22-/m0/s1. The van der Waals surface area contributed by atoms with Crippen molar-refractivity contribution >= 4 is 5.97 Å². The summed E-state index contributed by atoms with van der Waals surface area (Å²) in [5.41, 5.74) is 0.517. The van der Waals surface area contributed by atoms with Gasteiger partial charge in [0, 0.05) is 11.8 Å². The van der Waals surface area contributed by atoms with Crippen LogP contribution in [0.1, 0.15) is 60.3 Å². The summed E-state index contributed by atoms with van der Waals surface area (Å²) in [5, 5.41) is 29.7. The van der Waals surface area contributed by atoms with E-state index in [2.05, 4.69) is 19.9 Å². The van der Waals surface area contributed by atoms with Gasteiger partial charge >= 0.3 is 5.97 Å². The molecule has 6 heteroatoms. The van der Waals surface area contributed by atoms with Gasteiger partial charge in [0.15, 0.2) is 12.6 Å². The normalized spacial score (nSPS) is 35.5. The van der Waals surface area contributed by atoms with E-state index >= 15 is 0 Å². The second-order valence-electron chi connectivity index (χ2n) is 8.53. The molecular weight excluding hydrogens is 360 g/mol. The van der Waals surface area contributed by atoms with E-state index in [0.29, 0.717) is 25.7 Å². The third-order valence-electron chi connectivity index (χ3n) is 6.45. The van der Waals surface area contributed by atoms with E-state index in [-0.39, 0.29) is 23.7 Å². The number of carbonyl (C=O) groups excluding carboxylic acids is 1. The van der Waals surface area contributed by atoms with E-state index in [1.54, 1.807) is 0 Å². The highest BCUT2D eigenvalue weighted by molar-refractivity contribution is 5.72. The summed E-state index contributed by atoms with van der Waals surface area (Å²) in [6.07, 6.45) is 4.89. The molecule has 2 aliphatic rings. The van der Waals surface area contributed by atoms with Gasteiger partial charge in [0.1, 0.15) is 6.10 Å². The van der Waals surface area contributed by atoms with Crippen LogP contribution in [0.25, 0.3) is 0 Å². The van der Waals surface area contributed by atoms with Crippen molar-refractivity contribution in [1.82, 2.24) is 0 Å². The van der Waals surface area contributed by atoms with Gasteiger partial charge in [-0.25, -0.2) is 0 Å². The summed E-state index contributed by atoms with van der Waals surface area (Å²) in [5.74, 6) is -0.119. The Balaban J connectivity index is 2.27. The number of hydrogen-bond donors (Lipinski definition) is 3. The van der Waals surface area contributed by atoms with Crippen LogP contribution in [0.4, 0.5) is 0 Å². The number of aliphatic hydroxyl groups excluding tert-OH is 3. The van der Waals surface area contributed by atoms with Crippen LogP contribution in [0.5, 0.6) is 0 Å². The Hall–Kier alpha value is -1.21. The fourth-order valence-corrected chi connectivity index (χ4v) is 4.50. The molecule has 0 aromatic rings. The average Bonchev–Trinajstić information content (AvgIpc) is 2.61. The van der Waals surface area contributed by atoms with Crippen LogP contribution >= 0.6 is 0 Å². The molecule has 0 fully saturated rings. The Morgan fingerprint density at radius 3 is 2.64 bits per heavy atom. The molecule has 3 N–H and O–H groups in total. The van der Waals surface area contributed by atoms with Gasteiger partial charge in [-0.1, -0.05) is 45.9 Å². The average molecular weight is 397 g/mol. The molecule has 0 aromatic carbocycles. The first-order valence-electron chi connectivity index (χ1n) is 10.4. The van der Waals surface area contributed by atoms with Crippen molar-refractivity contribution in [2.45, 2.75) is 85.1 Å². The quantitative estimate of drug-likeness (QED) is 0.431. The Kier molecular flexibility index (Phi) is 7.85. The number of esters is 1. The van der Waals surface area contributed by atoms with Gasteiger partial charge in [-0.15, -0.1) is 0 Å². The molecule has 0 saturated heterocycles. The minimum absolute atomic E-state index is 0.0956. The molecule has 0 heterocycles. The molecule has 8 atom stereocenters. The first-order chi connectivity index (χ1) is 13.1. The fourth-order valence-electron chi connectivity index (χ4n) is 4.50. The summed E-state index contributed by atoms with van der Waals surface area (Å²) < 4.78 is 11.0. The van der Waals surface area contributed by atoms with Crippen LogP contribution in [0, 0.1) is 23.2 Å². The van der Waals surface area contributed by atoms with Crippen LogP contribution in [0.2, 0.25) is 0 Å². The lowest BCUT2D eigenvalue weighted by molar-refractivity contribution is -0.204. The van der Waals surface area contributed by atoms with E-state index in [0.717, 1.165) is 5.57 Å². The Bertz CT molecular complexity index is 598. The van der Waals surface area contributed by atoms with E-state index in [1.807, 2.05) is 26.0 Å². The van der Waals surface area contributed by atoms with E-state index < -0.39 is 30.2 Å². The number of allylic oxidation sites excluding steroid dienone is 2. The van der Waals surface area contributed by atoms with Crippen molar-refractivity contribution < 1.29 is 29.6 Å². The monoisotopic (exact) mass is 396 g/mol. The van der Waals surface area contributed by atoms with Gasteiger partial charge in [0.05, 0.1) is 12.0 Å². The van der Waals surface area contributed by atoms with Crippen LogP contribution < -0.4 is 0 Å². The minimum Gasteiger partial charge on any atom is -0.461 e. The molecular formula is C22H36O6. The predicted octanol–water partition coefficient (Wildman–Crippen LogP) is 2.92. The van der Waals surface area contributed by atoms with Crippen molar-refractivity contribution in [2.75, 3.05) is 0 Å². The van der Waals surface area contributed by atoms with Crippen molar-refractivity contribution in [3.8, 4) is 0 Å². The zero-order chi connectivity index (χ0) is 21.1. The molecule has 3 unspecified atom stereocenters. The molecule has 0 saturated carbocycles. The summed E-state index contributed by atoms with van der Waals surface area (Å²) in [6, 6.07) is 0. The first-order valence-corrected chi connectivity index (χ1v) is 10.4. The van der Waals surface area contributed by atoms with Crippen LogP contribution in [0.3, 0.4) is 0 Å². The van der Waals surface area contributed by atoms with E-state index in [4.69, 9.17) is 9.47 Å². The second-order valence-corrected chi connectivity index (χ2v) is 8.53. The topological polar surface area (TPSA) is 96.2 Å². The van der Waals surface area contributed by atoms with Gasteiger partial charge in [-0.05, 0) is 43.6 Å². The molecule has 0 aliphatic heterocycles. The number of hydrogen-bond acceptors (Lipinski definition) is 6. The lowest BCUT2D eigenvalue weighted by Gasteiger charge is -2.51. The maximum atomic E-state index is 12.5. The summed E-state index contributed by atoms with van der Waals surface area (Å²) in [7, 11) is 0. The van der Waals surface area contributed by atoms with Gasteiger partial charge in [-0.3, -0.25) is 4.79 Å². The van der Waals surface area contributed by atoms with Crippen molar-refractivity contribution in [1.29, 1.82) is 0 Å². The maximum absolute atomic E-state index is 12.5. The molecule has 0 amide bonds. The van der Waals surface area contributed by atoms with E-state index in [9.17, 15) is 20.1 Å². The maximum Gasteiger partial charge on any atom is 0.308 e. The SMILES string of the molecule is CC[C@H](C)C(=O)OC1C[C@H](O)C=C2C=C[C@H](C)[C@H](CCC(O)OC(C)O)[C@]21C. The Labute approximate surface area is 168 Å². The first kappa shape index (κ1) is 23.1. The lowest BCUT2D eigenvalue weighted by atomic mass is 9.56. The number of rotatable bonds is 8. The van der Waals surface area contributed by atoms with Gasteiger partial charge in [-0.2, -0.15) is 0 Å². The second kappa shape index (κ2) is 9.53. The Morgan fingerprint density at radius 2 is 2.04 bits per heavy atom. The van der Waals surface area contributed by atoms with Gasteiger partial charge < -0.3 is 24.8 Å². The minimum atomic E-state index is -1.05. The molecule has 0 spiro atoms. The highest BCUT2D eigenvalue weighted by Crippen LogP contribution is 2.53. The molecule has 2 aliphatic carbocycles.